The van der Waals surface area contributed by atoms with E-state index in [1.54, 1.807) is 20.3 Å². The summed E-state index contributed by atoms with van der Waals surface area (Å²) in [6, 6.07) is 11.2. The van der Waals surface area contributed by atoms with Gasteiger partial charge in [0, 0.05) is 17.6 Å². The first-order chi connectivity index (χ1) is 11.5. The molecule has 2 N–H and O–H groups in total. The van der Waals surface area contributed by atoms with Crippen LogP contribution in [0.25, 0.3) is 0 Å². The van der Waals surface area contributed by atoms with Gasteiger partial charge < -0.3 is 20.1 Å². The molecule has 0 aliphatic rings. The molecular formula is C18H21ClN2O3. The lowest BCUT2D eigenvalue weighted by atomic mass is 10.2. The minimum Gasteiger partial charge on any atom is -0.497 e. The van der Waals surface area contributed by atoms with Crippen LogP contribution in [-0.4, -0.2) is 26.7 Å². The first-order valence-corrected chi connectivity index (χ1v) is 7.89. The van der Waals surface area contributed by atoms with Crippen LogP contribution in [0.2, 0.25) is 5.02 Å². The van der Waals surface area contributed by atoms with Crippen LogP contribution in [0.15, 0.2) is 36.4 Å². The molecule has 0 unspecified atom stereocenters. The highest BCUT2D eigenvalue weighted by Gasteiger charge is 2.08. The summed E-state index contributed by atoms with van der Waals surface area (Å²) in [5.41, 5.74) is 2.62. The van der Waals surface area contributed by atoms with Crippen LogP contribution in [-0.2, 0) is 11.3 Å². The minimum absolute atomic E-state index is 0.118. The zero-order chi connectivity index (χ0) is 17.5. The van der Waals surface area contributed by atoms with E-state index in [2.05, 4.69) is 10.6 Å². The molecule has 0 aromatic heterocycles. The molecule has 0 radical (unpaired) electrons. The van der Waals surface area contributed by atoms with Gasteiger partial charge >= 0.3 is 0 Å². The van der Waals surface area contributed by atoms with E-state index in [0.717, 1.165) is 22.6 Å². The van der Waals surface area contributed by atoms with Crippen LogP contribution < -0.4 is 20.1 Å². The molecular weight excluding hydrogens is 328 g/mol. The van der Waals surface area contributed by atoms with Crippen molar-refractivity contribution in [1.29, 1.82) is 0 Å². The maximum atomic E-state index is 12.0. The standard InChI is InChI=1S/C18H21ClN2O3/c1-12-7-16(17(24-3)9-15(12)19)20-11-18(22)21-10-13-5-4-6-14(8-13)23-2/h4-9,20H,10-11H2,1-3H3,(H,21,22). The van der Waals surface area contributed by atoms with E-state index in [1.807, 2.05) is 37.3 Å². The molecule has 0 saturated heterocycles. The first-order valence-electron chi connectivity index (χ1n) is 7.51. The van der Waals surface area contributed by atoms with Gasteiger partial charge in [0.1, 0.15) is 11.5 Å². The highest BCUT2D eigenvalue weighted by molar-refractivity contribution is 6.31. The molecule has 0 heterocycles. The number of benzene rings is 2. The van der Waals surface area contributed by atoms with Crippen molar-refractivity contribution in [3.05, 3.63) is 52.5 Å². The van der Waals surface area contributed by atoms with E-state index in [-0.39, 0.29) is 12.5 Å². The van der Waals surface area contributed by atoms with Crippen molar-refractivity contribution in [3.8, 4) is 11.5 Å². The second-order valence-electron chi connectivity index (χ2n) is 5.28. The van der Waals surface area contributed by atoms with Gasteiger partial charge in [-0.25, -0.2) is 0 Å². The molecule has 0 atom stereocenters. The predicted molar refractivity (Wildman–Crippen MR) is 96.1 cm³/mol. The van der Waals surface area contributed by atoms with E-state index in [4.69, 9.17) is 21.1 Å². The number of aryl methyl sites for hydroxylation is 1. The molecule has 24 heavy (non-hydrogen) atoms. The third-order valence-electron chi connectivity index (χ3n) is 3.54. The molecule has 0 fully saturated rings. The lowest BCUT2D eigenvalue weighted by Gasteiger charge is -2.13. The molecule has 1 amide bonds. The Morgan fingerprint density at radius 1 is 1.17 bits per heavy atom. The molecule has 2 aromatic carbocycles. The molecule has 0 bridgehead atoms. The number of carbonyl (C=O) groups excluding carboxylic acids is 1. The highest BCUT2D eigenvalue weighted by atomic mass is 35.5. The summed E-state index contributed by atoms with van der Waals surface area (Å²) in [6.45, 7) is 2.48. The van der Waals surface area contributed by atoms with Crippen LogP contribution >= 0.6 is 11.6 Å². The lowest BCUT2D eigenvalue weighted by Crippen LogP contribution is -2.29. The number of nitrogens with one attached hydrogen (secondary N) is 2. The number of rotatable bonds is 7. The Bertz CT molecular complexity index is 719. The van der Waals surface area contributed by atoms with Gasteiger partial charge in [-0.15, -0.1) is 0 Å². The maximum absolute atomic E-state index is 12.0. The Kier molecular flexibility index (Phi) is 6.32. The molecule has 128 valence electrons. The van der Waals surface area contributed by atoms with Crippen LogP contribution in [0, 0.1) is 6.92 Å². The fourth-order valence-corrected chi connectivity index (χ4v) is 2.35. The zero-order valence-electron chi connectivity index (χ0n) is 14.0. The van der Waals surface area contributed by atoms with Gasteiger partial charge in [-0.05, 0) is 36.2 Å². The second kappa shape index (κ2) is 8.45. The molecule has 0 aliphatic heterocycles. The van der Waals surface area contributed by atoms with Crippen molar-refractivity contribution < 1.29 is 14.3 Å². The number of methoxy groups -OCH3 is 2. The Balaban J connectivity index is 1.90. The summed E-state index contributed by atoms with van der Waals surface area (Å²) in [5.74, 6) is 1.25. The smallest absolute Gasteiger partial charge is 0.239 e. The van der Waals surface area contributed by atoms with Crippen LogP contribution in [0.4, 0.5) is 5.69 Å². The monoisotopic (exact) mass is 348 g/mol. The molecule has 0 saturated carbocycles. The van der Waals surface area contributed by atoms with Crippen molar-refractivity contribution in [1.82, 2.24) is 5.32 Å². The van der Waals surface area contributed by atoms with Crippen molar-refractivity contribution in [3.63, 3.8) is 0 Å². The SMILES string of the molecule is COc1cccc(CNC(=O)CNc2cc(C)c(Cl)cc2OC)c1. The normalized spacial score (nSPS) is 10.2. The van der Waals surface area contributed by atoms with Gasteiger partial charge in [0.25, 0.3) is 0 Å². The summed E-state index contributed by atoms with van der Waals surface area (Å²) in [5, 5.41) is 6.56. The van der Waals surface area contributed by atoms with Gasteiger partial charge in [0.15, 0.2) is 0 Å². The van der Waals surface area contributed by atoms with Gasteiger partial charge in [0.05, 0.1) is 26.5 Å². The van der Waals surface area contributed by atoms with E-state index in [0.29, 0.717) is 17.3 Å². The van der Waals surface area contributed by atoms with Gasteiger partial charge in [-0.3, -0.25) is 4.79 Å². The Hall–Kier alpha value is -2.40. The second-order valence-corrected chi connectivity index (χ2v) is 5.69. The number of halogens is 1. The molecule has 2 rings (SSSR count). The topological polar surface area (TPSA) is 59.6 Å². The maximum Gasteiger partial charge on any atom is 0.239 e. The Morgan fingerprint density at radius 2 is 1.96 bits per heavy atom. The molecule has 0 spiro atoms. The summed E-state index contributed by atoms with van der Waals surface area (Å²) < 4.78 is 10.4. The van der Waals surface area contributed by atoms with Crippen molar-refractivity contribution in [2.45, 2.75) is 13.5 Å². The van der Waals surface area contributed by atoms with Crippen molar-refractivity contribution in [2.75, 3.05) is 26.1 Å². The summed E-state index contributed by atoms with van der Waals surface area (Å²) in [6.07, 6.45) is 0. The van der Waals surface area contributed by atoms with Crippen molar-refractivity contribution in [2.24, 2.45) is 0 Å². The number of hydrogen-bond donors (Lipinski definition) is 2. The third-order valence-corrected chi connectivity index (χ3v) is 3.95. The molecule has 2 aromatic rings. The third kappa shape index (κ3) is 4.80. The van der Waals surface area contributed by atoms with E-state index in [1.165, 1.54) is 0 Å². The quantitative estimate of drug-likeness (QED) is 0.805. The van der Waals surface area contributed by atoms with Gasteiger partial charge in [-0.2, -0.15) is 0 Å². The largest absolute Gasteiger partial charge is 0.497 e. The number of hydrogen-bond acceptors (Lipinski definition) is 4. The van der Waals surface area contributed by atoms with E-state index in [9.17, 15) is 4.79 Å². The highest BCUT2D eigenvalue weighted by Crippen LogP contribution is 2.30. The fourth-order valence-electron chi connectivity index (χ4n) is 2.19. The Morgan fingerprint density at radius 3 is 2.67 bits per heavy atom. The number of carbonyl (C=O) groups is 1. The molecule has 0 aliphatic carbocycles. The summed E-state index contributed by atoms with van der Waals surface area (Å²) >= 11 is 6.07. The van der Waals surface area contributed by atoms with Crippen LogP contribution in [0.5, 0.6) is 11.5 Å². The average Bonchev–Trinajstić information content (AvgIpc) is 2.60. The average molecular weight is 349 g/mol. The molecule has 5 nitrogen and oxygen atoms in total. The van der Waals surface area contributed by atoms with Gasteiger partial charge in [0.2, 0.25) is 5.91 Å². The predicted octanol–water partition coefficient (Wildman–Crippen LogP) is 3.39. The van der Waals surface area contributed by atoms with Crippen LogP contribution in [0.3, 0.4) is 0 Å². The number of amides is 1. The Labute approximate surface area is 146 Å². The summed E-state index contributed by atoms with van der Waals surface area (Å²) in [4.78, 5) is 12.0. The minimum atomic E-state index is -0.118. The van der Waals surface area contributed by atoms with E-state index >= 15 is 0 Å². The van der Waals surface area contributed by atoms with E-state index < -0.39 is 0 Å². The first kappa shape index (κ1) is 17.9. The zero-order valence-corrected chi connectivity index (χ0v) is 14.7. The lowest BCUT2D eigenvalue weighted by molar-refractivity contribution is -0.119. The number of ether oxygens (including phenoxy) is 2. The van der Waals surface area contributed by atoms with Gasteiger partial charge in [-0.1, -0.05) is 23.7 Å². The van der Waals surface area contributed by atoms with Crippen molar-refractivity contribution >= 4 is 23.2 Å². The summed E-state index contributed by atoms with van der Waals surface area (Å²) in [7, 11) is 3.18. The van der Waals surface area contributed by atoms with Crippen LogP contribution in [0.1, 0.15) is 11.1 Å². The fraction of sp³-hybridized carbons (Fsp3) is 0.278. The number of anilines is 1. The molecule has 6 heteroatoms.